The first kappa shape index (κ1) is 8.67. The smallest absolute Gasteiger partial charge is 0.0117 e. The summed E-state index contributed by atoms with van der Waals surface area (Å²) in [5, 5.41) is 7.45. The predicted molar refractivity (Wildman–Crippen MR) is 41.8 cm³/mol. The third kappa shape index (κ3) is 3.28. The largest absolute Gasteiger partial charge is 0.309 e. The van der Waals surface area contributed by atoms with Crippen molar-refractivity contribution in [2.45, 2.75) is 33.1 Å². The molecule has 1 heteroatoms. The van der Waals surface area contributed by atoms with Crippen LogP contribution >= 0.6 is 0 Å². The van der Waals surface area contributed by atoms with Crippen LogP contribution in [-0.2, 0) is 0 Å². The lowest BCUT2D eigenvalue weighted by Gasteiger charge is -2.07. The molecule has 1 nitrogen and oxygen atoms in total. The van der Waals surface area contributed by atoms with Crippen LogP contribution in [0.1, 0.15) is 33.1 Å². The Bertz CT molecular complexity index is 86.6. The van der Waals surface area contributed by atoms with Crippen LogP contribution in [0.3, 0.4) is 0 Å². The Morgan fingerprint density at radius 1 is 1.67 bits per heavy atom. The van der Waals surface area contributed by atoms with Gasteiger partial charge in [0.15, 0.2) is 0 Å². The van der Waals surface area contributed by atoms with Crippen molar-refractivity contribution >= 4 is 5.71 Å². The Labute approximate surface area is 58.0 Å². The van der Waals surface area contributed by atoms with Gasteiger partial charge in [-0.05, 0) is 25.2 Å². The second-order valence-corrected chi connectivity index (χ2v) is 2.44. The van der Waals surface area contributed by atoms with Crippen molar-refractivity contribution in [3.05, 3.63) is 6.92 Å². The first-order chi connectivity index (χ1) is 4.22. The summed E-state index contributed by atoms with van der Waals surface area (Å²) in [6.07, 6.45) is 2.82. The maximum atomic E-state index is 7.45. The second kappa shape index (κ2) is 4.54. The van der Waals surface area contributed by atoms with E-state index in [1.807, 2.05) is 0 Å². The molecule has 0 aliphatic rings. The van der Waals surface area contributed by atoms with E-state index < -0.39 is 0 Å². The van der Waals surface area contributed by atoms with E-state index in [1.165, 1.54) is 0 Å². The van der Waals surface area contributed by atoms with Gasteiger partial charge in [0, 0.05) is 5.71 Å². The third-order valence-corrected chi connectivity index (χ3v) is 1.65. The quantitative estimate of drug-likeness (QED) is 0.560. The van der Waals surface area contributed by atoms with Crippen LogP contribution in [0.15, 0.2) is 0 Å². The van der Waals surface area contributed by atoms with Gasteiger partial charge >= 0.3 is 0 Å². The van der Waals surface area contributed by atoms with Gasteiger partial charge in [-0.25, -0.2) is 0 Å². The lowest BCUT2D eigenvalue weighted by Crippen LogP contribution is -2.07. The monoisotopic (exact) mass is 126 g/mol. The van der Waals surface area contributed by atoms with Gasteiger partial charge in [-0.2, -0.15) is 0 Å². The first-order valence-corrected chi connectivity index (χ1v) is 3.58. The van der Waals surface area contributed by atoms with E-state index in [0.29, 0.717) is 5.92 Å². The number of hydrogen-bond donors (Lipinski definition) is 1. The molecule has 0 heterocycles. The molecular weight excluding hydrogens is 110 g/mol. The summed E-state index contributed by atoms with van der Waals surface area (Å²) in [5.74, 6) is 0.465. The van der Waals surface area contributed by atoms with Crippen LogP contribution in [0.25, 0.3) is 0 Å². The third-order valence-electron chi connectivity index (χ3n) is 1.65. The Kier molecular flexibility index (Phi) is 4.37. The van der Waals surface area contributed by atoms with Gasteiger partial charge < -0.3 is 5.41 Å². The highest BCUT2D eigenvalue weighted by atomic mass is 14.4. The highest BCUT2D eigenvalue weighted by Crippen LogP contribution is 2.06. The van der Waals surface area contributed by atoms with Crippen molar-refractivity contribution in [3.8, 4) is 0 Å². The molecule has 0 fully saturated rings. The fraction of sp³-hybridized carbons (Fsp3) is 0.750. The molecule has 0 aromatic carbocycles. The van der Waals surface area contributed by atoms with Crippen LogP contribution < -0.4 is 0 Å². The molecule has 0 saturated heterocycles. The predicted octanol–water partition coefficient (Wildman–Crippen LogP) is 2.67. The van der Waals surface area contributed by atoms with Crippen LogP contribution in [-0.4, -0.2) is 5.71 Å². The summed E-state index contributed by atoms with van der Waals surface area (Å²) >= 11 is 0. The fourth-order valence-corrected chi connectivity index (χ4v) is 0.683. The van der Waals surface area contributed by atoms with E-state index in [0.717, 1.165) is 25.0 Å². The van der Waals surface area contributed by atoms with E-state index >= 15 is 0 Å². The highest BCUT2D eigenvalue weighted by Gasteiger charge is 2.03. The van der Waals surface area contributed by atoms with Gasteiger partial charge in [0.25, 0.3) is 0 Å². The fourth-order valence-electron chi connectivity index (χ4n) is 0.683. The van der Waals surface area contributed by atoms with Gasteiger partial charge in [-0.3, -0.25) is 0 Å². The zero-order valence-corrected chi connectivity index (χ0v) is 6.41. The maximum Gasteiger partial charge on any atom is 0.0117 e. The SMILES string of the molecule is [CH2]CCC(=N)C(C)CC. The van der Waals surface area contributed by atoms with E-state index in [1.54, 1.807) is 0 Å². The first-order valence-electron chi connectivity index (χ1n) is 3.58. The van der Waals surface area contributed by atoms with Crippen LogP contribution in [0.4, 0.5) is 0 Å². The summed E-state index contributed by atoms with van der Waals surface area (Å²) in [6, 6.07) is 0. The van der Waals surface area contributed by atoms with Crippen molar-refractivity contribution < 1.29 is 0 Å². The molecule has 0 aliphatic carbocycles. The molecule has 0 saturated carbocycles. The molecule has 0 amide bonds. The summed E-state index contributed by atoms with van der Waals surface area (Å²) in [7, 11) is 0. The summed E-state index contributed by atoms with van der Waals surface area (Å²) in [6.45, 7) is 7.91. The normalized spacial score (nSPS) is 13.2. The number of rotatable bonds is 4. The van der Waals surface area contributed by atoms with Gasteiger partial charge in [-0.15, -0.1) is 0 Å². The molecular formula is C8H16N. The highest BCUT2D eigenvalue weighted by molar-refractivity contribution is 5.83. The summed E-state index contributed by atoms with van der Waals surface area (Å²) in [5.41, 5.74) is 0.854. The topological polar surface area (TPSA) is 23.9 Å². The molecule has 1 N–H and O–H groups in total. The molecule has 1 radical (unpaired) electrons. The van der Waals surface area contributed by atoms with Crippen molar-refractivity contribution in [1.29, 1.82) is 5.41 Å². The number of nitrogens with one attached hydrogen (secondary N) is 1. The molecule has 1 unspecified atom stereocenters. The minimum absolute atomic E-state index is 0.465. The molecule has 0 bridgehead atoms. The average molecular weight is 126 g/mol. The zero-order valence-electron chi connectivity index (χ0n) is 6.41. The Balaban J connectivity index is 3.46. The zero-order chi connectivity index (χ0) is 7.28. The molecule has 53 valence electrons. The number of hydrogen-bond acceptors (Lipinski definition) is 1. The Morgan fingerprint density at radius 2 is 2.22 bits per heavy atom. The van der Waals surface area contributed by atoms with Gasteiger partial charge in [0.1, 0.15) is 0 Å². The molecule has 1 atom stereocenters. The van der Waals surface area contributed by atoms with Crippen molar-refractivity contribution in [3.63, 3.8) is 0 Å². The molecule has 0 rings (SSSR count). The Morgan fingerprint density at radius 3 is 2.56 bits per heavy atom. The lowest BCUT2D eigenvalue weighted by atomic mass is 9.99. The van der Waals surface area contributed by atoms with Crippen LogP contribution in [0.5, 0.6) is 0 Å². The molecule has 0 aliphatic heterocycles. The molecule has 9 heavy (non-hydrogen) atoms. The second-order valence-electron chi connectivity index (χ2n) is 2.44. The molecule has 0 aromatic rings. The van der Waals surface area contributed by atoms with Crippen LogP contribution in [0, 0.1) is 18.3 Å². The summed E-state index contributed by atoms with van der Waals surface area (Å²) in [4.78, 5) is 0. The minimum atomic E-state index is 0.465. The molecule has 0 aromatic heterocycles. The minimum Gasteiger partial charge on any atom is -0.309 e. The molecule has 0 spiro atoms. The van der Waals surface area contributed by atoms with Crippen molar-refractivity contribution in [2.75, 3.05) is 0 Å². The van der Waals surface area contributed by atoms with E-state index in [9.17, 15) is 0 Å². The van der Waals surface area contributed by atoms with Gasteiger partial charge in [0.05, 0.1) is 0 Å². The van der Waals surface area contributed by atoms with Crippen molar-refractivity contribution in [1.82, 2.24) is 0 Å². The van der Waals surface area contributed by atoms with Gasteiger partial charge in [0.2, 0.25) is 0 Å². The summed E-state index contributed by atoms with van der Waals surface area (Å²) < 4.78 is 0. The van der Waals surface area contributed by atoms with Crippen LogP contribution in [0.2, 0.25) is 0 Å². The average Bonchev–Trinajstić information content (AvgIpc) is 1.87. The van der Waals surface area contributed by atoms with E-state index in [2.05, 4.69) is 20.8 Å². The van der Waals surface area contributed by atoms with Gasteiger partial charge in [-0.1, -0.05) is 20.8 Å². The maximum absolute atomic E-state index is 7.45. The van der Waals surface area contributed by atoms with E-state index in [-0.39, 0.29) is 0 Å². The van der Waals surface area contributed by atoms with E-state index in [4.69, 9.17) is 5.41 Å². The lowest BCUT2D eigenvalue weighted by molar-refractivity contribution is 0.715. The van der Waals surface area contributed by atoms with Crippen molar-refractivity contribution in [2.24, 2.45) is 5.92 Å². The Hall–Kier alpha value is -0.330. The standard InChI is InChI=1S/C8H16N/c1-4-6-8(9)7(3)5-2/h7,9H,1,4-6H2,2-3H3.